The Kier molecular flexibility index (Phi) is 2.15. The Morgan fingerprint density at radius 3 is 2.90 bits per heavy atom. The molecule has 1 aromatic heterocycles. The van der Waals surface area contributed by atoms with Crippen LogP contribution in [0.25, 0.3) is 0 Å². The van der Waals surface area contributed by atoms with Crippen molar-refractivity contribution in [1.82, 2.24) is 14.9 Å². The quantitative estimate of drug-likeness (QED) is 0.566. The lowest BCUT2D eigenvalue weighted by molar-refractivity contribution is 0.729. The zero-order chi connectivity index (χ0) is 7.40. The van der Waals surface area contributed by atoms with Gasteiger partial charge in [0.2, 0.25) is 0 Å². The van der Waals surface area contributed by atoms with Crippen molar-refractivity contribution in [2.24, 2.45) is 11.0 Å². The predicted molar refractivity (Wildman–Crippen MR) is 38.8 cm³/mol. The highest BCUT2D eigenvalue weighted by Crippen LogP contribution is 1.85. The minimum Gasteiger partial charge on any atom is -0.221 e. The highest BCUT2D eigenvalue weighted by molar-refractivity contribution is 5.59. The molecule has 0 amide bonds. The van der Waals surface area contributed by atoms with E-state index in [1.54, 1.807) is 6.33 Å². The summed E-state index contributed by atoms with van der Waals surface area (Å²) in [6, 6.07) is 0. The molecule has 0 atom stereocenters. The lowest BCUT2D eigenvalue weighted by atomic mass is 10.3. The molecule has 0 aliphatic rings. The molecule has 0 unspecified atom stereocenters. The van der Waals surface area contributed by atoms with Crippen LogP contribution in [-0.2, 0) is 0 Å². The molecule has 1 heterocycles. The Morgan fingerprint density at radius 2 is 2.40 bits per heavy atom. The monoisotopic (exact) mass is 138 g/mol. The maximum absolute atomic E-state index is 3.98. The highest BCUT2D eigenvalue weighted by atomic mass is 15.5. The summed E-state index contributed by atoms with van der Waals surface area (Å²) >= 11 is 0. The normalized spacial score (nSPS) is 11.5. The molecule has 0 aliphatic carbocycles. The Bertz CT molecular complexity index is 200. The Morgan fingerprint density at radius 1 is 1.60 bits per heavy atom. The molecular weight excluding hydrogens is 128 g/mol. The van der Waals surface area contributed by atoms with Crippen LogP contribution in [0.1, 0.15) is 13.8 Å². The molecule has 1 rings (SSSR count). The molecule has 0 saturated carbocycles. The van der Waals surface area contributed by atoms with Crippen LogP contribution in [0.15, 0.2) is 17.8 Å². The molecule has 10 heavy (non-hydrogen) atoms. The lowest BCUT2D eigenvalue weighted by Gasteiger charge is -1.91. The van der Waals surface area contributed by atoms with Gasteiger partial charge in [-0.25, -0.2) is 4.98 Å². The summed E-state index contributed by atoms with van der Waals surface area (Å²) in [5.74, 6) is 0.448. The highest BCUT2D eigenvalue weighted by Gasteiger charge is 1.85. The Balaban J connectivity index is 2.55. The standard InChI is InChI=1S/C6H10N4/c1-6(2)3-8-10-5-7-4-9-10/h3-6H,1-2H3/b8-3+. The van der Waals surface area contributed by atoms with Crippen LogP contribution in [0.3, 0.4) is 0 Å². The molecule has 0 N–H and O–H groups in total. The minimum absolute atomic E-state index is 0.448. The van der Waals surface area contributed by atoms with E-state index >= 15 is 0 Å². The van der Waals surface area contributed by atoms with Gasteiger partial charge in [0, 0.05) is 6.21 Å². The summed E-state index contributed by atoms with van der Waals surface area (Å²) in [5, 5.41) is 7.78. The second kappa shape index (κ2) is 3.10. The molecule has 0 saturated heterocycles. The average Bonchev–Trinajstić information content (AvgIpc) is 2.34. The first-order chi connectivity index (χ1) is 4.79. The van der Waals surface area contributed by atoms with E-state index in [0.717, 1.165) is 0 Å². The second-order valence-corrected chi connectivity index (χ2v) is 2.32. The first-order valence-electron chi connectivity index (χ1n) is 3.18. The van der Waals surface area contributed by atoms with E-state index in [0.29, 0.717) is 5.92 Å². The van der Waals surface area contributed by atoms with Crippen LogP contribution >= 0.6 is 0 Å². The fourth-order valence-electron chi connectivity index (χ4n) is 0.463. The fourth-order valence-corrected chi connectivity index (χ4v) is 0.463. The summed E-state index contributed by atoms with van der Waals surface area (Å²) in [7, 11) is 0. The molecule has 0 bridgehead atoms. The summed E-state index contributed by atoms with van der Waals surface area (Å²) in [6.07, 6.45) is 4.82. The molecule has 0 fully saturated rings. The van der Waals surface area contributed by atoms with Crippen LogP contribution in [0.4, 0.5) is 0 Å². The first-order valence-corrected chi connectivity index (χ1v) is 3.18. The van der Waals surface area contributed by atoms with Gasteiger partial charge in [-0.05, 0) is 5.92 Å². The van der Waals surface area contributed by atoms with Crippen LogP contribution in [0.5, 0.6) is 0 Å². The van der Waals surface area contributed by atoms with Crippen molar-refractivity contribution in [1.29, 1.82) is 0 Å². The van der Waals surface area contributed by atoms with Gasteiger partial charge in [-0.2, -0.15) is 5.10 Å². The molecule has 54 valence electrons. The molecule has 1 aromatic rings. The van der Waals surface area contributed by atoms with E-state index in [1.807, 2.05) is 6.21 Å². The van der Waals surface area contributed by atoms with Crippen molar-refractivity contribution in [3.63, 3.8) is 0 Å². The van der Waals surface area contributed by atoms with Crippen molar-refractivity contribution in [3.8, 4) is 0 Å². The maximum Gasteiger partial charge on any atom is 0.139 e. The van der Waals surface area contributed by atoms with Crippen LogP contribution < -0.4 is 0 Å². The number of rotatable bonds is 2. The van der Waals surface area contributed by atoms with Gasteiger partial charge < -0.3 is 0 Å². The molecule has 0 spiro atoms. The third kappa shape index (κ3) is 1.97. The van der Waals surface area contributed by atoms with Crippen molar-refractivity contribution in [2.75, 3.05) is 0 Å². The van der Waals surface area contributed by atoms with Gasteiger partial charge in [-0.1, -0.05) is 13.8 Å². The average molecular weight is 138 g/mol. The molecule has 0 radical (unpaired) electrons. The van der Waals surface area contributed by atoms with Gasteiger partial charge in [0.1, 0.15) is 12.7 Å². The molecule has 0 aromatic carbocycles. The Hall–Kier alpha value is -1.19. The molecule has 4 heteroatoms. The third-order valence-electron chi connectivity index (χ3n) is 0.890. The van der Waals surface area contributed by atoms with E-state index in [2.05, 4.69) is 29.0 Å². The van der Waals surface area contributed by atoms with Crippen molar-refractivity contribution < 1.29 is 0 Å². The summed E-state index contributed by atoms with van der Waals surface area (Å²) in [6.45, 7) is 4.11. The van der Waals surface area contributed by atoms with Gasteiger partial charge in [-0.3, -0.25) is 0 Å². The number of nitrogens with zero attached hydrogens (tertiary/aromatic N) is 4. The van der Waals surface area contributed by atoms with Crippen LogP contribution in [0, 0.1) is 5.92 Å². The summed E-state index contributed by atoms with van der Waals surface area (Å²) < 4.78 is 0. The minimum atomic E-state index is 0.448. The maximum atomic E-state index is 3.98. The molecular formula is C6H10N4. The summed E-state index contributed by atoms with van der Waals surface area (Å²) in [5.41, 5.74) is 0. The number of hydrogen-bond donors (Lipinski definition) is 0. The first kappa shape index (κ1) is 6.92. The molecule has 0 aliphatic heterocycles. The van der Waals surface area contributed by atoms with Gasteiger partial charge in [0.15, 0.2) is 0 Å². The lowest BCUT2D eigenvalue weighted by Crippen LogP contribution is -1.93. The topological polar surface area (TPSA) is 43.1 Å². The zero-order valence-corrected chi connectivity index (χ0v) is 6.10. The van der Waals surface area contributed by atoms with Crippen molar-refractivity contribution >= 4 is 6.21 Å². The fraction of sp³-hybridized carbons (Fsp3) is 0.500. The summed E-state index contributed by atoms with van der Waals surface area (Å²) in [4.78, 5) is 5.17. The predicted octanol–water partition coefficient (Wildman–Crippen LogP) is 0.768. The van der Waals surface area contributed by atoms with Crippen molar-refractivity contribution in [2.45, 2.75) is 13.8 Å². The van der Waals surface area contributed by atoms with E-state index in [9.17, 15) is 0 Å². The molecule has 4 nitrogen and oxygen atoms in total. The largest absolute Gasteiger partial charge is 0.221 e. The van der Waals surface area contributed by atoms with Crippen LogP contribution in [-0.4, -0.2) is 21.1 Å². The smallest absolute Gasteiger partial charge is 0.139 e. The van der Waals surface area contributed by atoms with E-state index < -0.39 is 0 Å². The van der Waals surface area contributed by atoms with E-state index in [4.69, 9.17) is 0 Å². The zero-order valence-electron chi connectivity index (χ0n) is 6.10. The van der Waals surface area contributed by atoms with E-state index in [-0.39, 0.29) is 0 Å². The van der Waals surface area contributed by atoms with Gasteiger partial charge >= 0.3 is 0 Å². The van der Waals surface area contributed by atoms with Crippen LogP contribution in [0.2, 0.25) is 0 Å². The van der Waals surface area contributed by atoms with Gasteiger partial charge in [0.25, 0.3) is 0 Å². The second-order valence-electron chi connectivity index (χ2n) is 2.32. The Labute approximate surface area is 59.6 Å². The van der Waals surface area contributed by atoms with Crippen molar-refractivity contribution in [3.05, 3.63) is 12.7 Å². The van der Waals surface area contributed by atoms with Gasteiger partial charge in [0.05, 0.1) is 0 Å². The van der Waals surface area contributed by atoms with E-state index in [1.165, 1.54) is 11.1 Å². The SMILES string of the molecule is CC(C)/C=N/n1cncn1. The third-order valence-corrected chi connectivity index (χ3v) is 0.890. The number of hydrogen-bond acceptors (Lipinski definition) is 3. The number of aromatic nitrogens is 3. The van der Waals surface area contributed by atoms with Gasteiger partial charge in [-0.15, -0.1) is 9.89 Å².